The van der Waals surface area contributed by atoms with Crippen molar-refractivity contribution in [3.05, 3.63) is 47.5 Å². The van der Waals surface area contributed by atoms with Crippen LogP contribution in [0.15, 0.2) is 42.0 Å². The molecular formula is C10H5F5O. The highest BCUT2D eigenvalue weighted by Crippen LogP contribution is 2.30. The summed E-state index contributed by atoms with van der Waals surface area (Å²) in [4.78, 5) is 11.1. The molecule has 1 aromatic carbocycles. The largest absolute Gasteiger partial charge is 0.446 e. The Morgan fingerprint density at radius 1 is 1.00 bits per heavy atom. The molecule has 0 fully saturated rings. The zero-order valence-corrected chi connectivity index (χ0v) is 7.68. The topological polar surface area (TPSA) is 17.1 Å². The number of carbonyl (C=O) groups excluding carboxylic acids is 1. The van der Waals surface area contributed by atoms with Gasteiger partial charge < -0.3 is 0 Å². The maximum absolute atomic E-state index is 12.8. The van der Waals surface area contributed by atoms with Crippen molar-refractivity contribution in [2.75, 3.05) is 0 Å². The van der Waals surface area contributed by atoms with E-state index in [1.807, 2.05) is 0 Å². The van der Waals surface area contributed by atoms with Crippen LogP contribution in [0.25, 0.3) is 0 Å². The molecule has 16 heavy (non-hydrogen) atoms. The predicted molar refractivity (Wildman–Crippen MR) is 46.1 cm³/mol. The van der Waals surface area contributed by atoms with Gasteiger partial charge in [-0.1, -0.05) is 30.3 Å². The van der Waals surface area contributed by atoms with Crippen LogP contribution in [0.1, 0.15) is 10.4 Å². The molecule has 0 aliphatic rings. The minimum Gasteiger partial charge on any atom is -0.286 e. The lowest BCUT2D eigenvalue weighted by atomic mass is 10.1. The van der Waals surface area contributed by atoms with E-state index in [2.05, 4.69) is 0 Å². The van der Waals surface area contributed by atoms with E-state index in [0.717, 1.165) is 12.1 Å². The van der Waals surface area contributed by atoms with Crippen LogP contribution in [0.4, 0.5) is 22.0 Å². The van der Waals surface area contributed by atoms with Gasteiger partial charge >= 0.3 is 6.18 Å². The number of ketones is 1. The Morgan fingerprint density at radius 3 is 1.94 bits per heavy atom. The molecule has 0 spiro atoms. The highest BCUT2D eigenvalue weighted by atomic mass is 19.4. The van der Waals surface area contributed by atoms with Gasteiger partial charge in [0.1, 0.15) is 0 Å². The lowest BCUT2D eigenvalue weighted by molar-refractivity contribution is -0.110. The van der Waals surface area contributed by atoms with Gasteiger partial charge in [0.05, 0.1) is 0 Å². The Bertz CT molecular complexity index is 419. The van der Waals surface area contributed by atoms with Gasteiger partial charge in [-0.05, 0) is 0 Å². The highest BCUT2D eigenvalue weighted by molar-refractivity contribution is 6.07. The molecule has 0 aromatic heterocycles. The molecule has 1 nitrogen and oxygen atoms in total. The molecule has 0 saturated carbocycles. The first-order valence-electron chi connectivity index (χ1n) is 4.06. The molecule has 0 bridgehead atoms. The third-order valence-corrected chi connectivity index (χ3v) is 1.68. The van der Waals surface area contributed by atoms with Crippen LogP contribution in [0.5, 0.6) is 0 Å². The third kappa shape index (κ3) is 2.65. The fourth-order valence-corrected chi connectivity index (χ4v) is 0.940. The van der Waals surface area contributed by atoms with E-state index in [0.29, 0.717) is 0 Å². The molecular weight excluding hydrogens is 231 g/mol. The van der Waals surface area contributed by atoms with Gasteiger partial charge in [0, 0.05) is 5.56 Å². The quantitative estimate of drug-likeness (QED) is 0.435. The predicted octanol–water partition coefficient (Wildman–Crippen LogP) is 3.58. The van der Waals surface area contributed by atoms with E-state index in [1.165, 1.54) is 18.2 Å². The number of benzene rings is 1. The molecule has 0 radical (unpaired) electrons. The second kappa shape index (κ2) is 4.42. The molecule has 0 aliphatic heterocycles. The summed E-state index contributed by atoms with van der Waals surface area (Å²) in [6.45, 7) is 0. The van der Waals surface area contributed by atoms with Crippen molar-refractivity contribution >= 4 is 5.78 Å². The monoisotopic (exact) mass is 236 g/mol. The van der Waals surface area contributed by atoms with Gasteiger partial charge in [-0.15, -0.1) is 0 Å². The zero-order chi connectivity index (χ0) is 12.3. The fraction of sp³-hybridized carbons (Fsp3) is 0.100. The number of allylic oxidation sites excluding steroid dienone is 2. The maximum Gasteiger partial charge on any atom is 0.446 e. The van der Waals surface area contributed by atoms with E-state index in [-0.39, 0.29) is 5.56 Å². The first-order valence-corrected chi connectivity index (χ1v) is 4.06. The van der Waals surface area contributed by atoms with Crippen LogP contribution in [-0.2, 0) is 0 Å². The van der Waals surface area contributed by atoms with Gasteiger partial charge in [-0.2, -0.15) is 22.0 Å². The summed E-state index contributed by atoms with van der Waals surface area (Å²) in [5.74, 6) is -7.07. The van der Waals surface area contributed by atoms with Gasteiger partial charge in [0.2, 0.25) is 17.4 Å². The van der Waals surface area contributed by atoms with Gasteiger partial charge in [-0.25, -0.2) is 0 Å². The summed E-state index contributed by atoms with van der Waals surface area (Å²) in [5, 5.41) is 0. The number of Topliss-reactive ketones (excluding diaryl/α,β-unsaturated/α-hetero) is 1. The van der Waals surface area contributed by atoms with E-state index >= 15 is 0 Å². The van der Waals surface area contributed by atoms with Crippen molar-refractivity contribution in [1.82, 2.24) is 0 Å². The van der Waals surface area contributed by atoms with E-state index in [9.17, 15) is 26.7 Å². The Balaban J connectivity index is 3.09. The van der Waals surface area contributed by atoms with Gasteiger partial charge in [-0.3, -0.25) is 4.79 Å². The number of halogens is 5. The first-order chi connectivity index (χ1) is 7.34. The number of rotatable bonds is 2. The van der Waals surface area contributed by atoms with Crippen molar-refractivity contribution in [3.63, 3.8) is 0 Å². The summed E-state index contributed by atoms with van der Waals surface area (Å²) in [6.07, 6.45) is -5.49. The maximum atomic E-state index is 12.8. The SMILES string of the molecule is O=C(/C(F)=C(\F)C(F)(F)F)c1ccccc1. The normalized spacial score (nSPS) is 13.3. The molecule has 0 saturated heterocycles. The third-order valence-electron chi connectivity index (χ3n) is 1.68. The molecule has 0 aliphatic carbocycles. The summed E-state index contributed by atoms with van der Waals surface area (Å²) in [5.41, 5.74) is -0.348. The van der Waals surface area contributed by atoms with Crippen LogP contribution < -0.4 is 0 Å². The van der Waals surface area contributed by atoms with Crippen LogP contribution in [0, 0.1) is 0 Å². The fourth-order valence-electron chi connectivity index (χ4n) is 0.940. The van der Waals surface area contributed by atoms with Crippen LogP contribution >= 0.6 is 0 Å². The minimum absolute atomic E-state index is 0.348. The summed E-state index contributed by atoms with van der Waals surface area (Å²) < 4.78 is 60.5. The summed E-state index contributed by atoms with van der Waals surface area (Å²) >= 11 is 0. The van der Waals surface area contributed by atoms with Crippen molar-refractivity contribution in [1.29, 1.82) is 0 Å². The molecule has 86 valence electrons. The van der Waals surface area contributed by atoms with Gasteiger partial charge in [0.15, 0.2) is 0 Å². The van der Waals surface area contributed by atoms with Crippen LogP contribution in [0.2, 0.25) is 0 Å². The number of carbonyl (C=O) groups is 1. The molecule has 0 amide bonds. The second-order valence-electron chi connectivity index (χ2n) is 2.82. The standard InChI is InChI=1S/C10H5F5O/c11-7(9(12)10(13,14)15)8(16)6-4-2-1-3-5-6/h1-5H/b9-7+. The Labute approximate surface area is 87.2 Å². The summed E-state index contributed by atoms with van der Waals surface area (Å²) in [6, 6.07) is 6.31. The molecule has 0 N–H and O–H groups in total. The van der Waals surface area contributed by atoms with E-state index < -0.39 is 23.6 Å². The molecule has 6 heteroatoms. The minimum atomic E-state index is -5.49. The van der Waals surface area contributed by atoms with E-state index in [4.69, 9.17) is 0 Å². The Hall–Kier alpha value is -1.72. The smallest absolute Gasteiger partial charge is 0.286 e. The molecule has 0 atom stereocenters. The average Bonchev–Trinajstić information content (AvgIpc) is 2.26. The molecule has 0 unspecified atom stereocenters. The molecule has 1 rings (SSSR count). The van der Waals surface area contributed by atoms with Crippen molar-refractivity contribution in [3.8, 4) is 0 Å². The molecule has 1 aromatic rings. The Kier molecular flexibility index (Phi) is 3.41. The Morgan fingerprint density at radius 2 is 1.50 bits per heavy atom. The lowest BCUT2D eigenvalue weighted by Gasteiger charge is -2.04. The second-order valence-corrected chi connectivity index (χ2v) is 2.82. The van der Waals surface area contributed by atoms with Gasteiger partial charge in [0.25, 0.3) is 0 Å². The van der Waals surface area contributed by atoms with Crippen LogP contribution in [0.3, 0.4) is 0 Å². The lowest BCUT2D eigenvalue weighted by Crippen LogP contribution is -2.13. The van der Waals surface area contributed by atoms with Crippen molar-refractivity contribution in [2.45, 2.75) is 6.18 Å². The molecule has 0 heterocycles. The highest BCUT2D eigenvalue weighted by Gasteiger charge is 2.40. The zero-order valence-electron chi connectivity index (χ0n) is 7.68. The van der Waals surface area contributed by atoms with Crippen LogP contribution in [-0.4, -0.2) is 12.0 Å². The average molecular weight is 236 g/mol. The number of alkyl halides is 3. The summed E-state index contributed by atoms with van der Waals surface area (Å²) in [7, 11) is 0. The van der Waals surface area contributed by atoms with E-state index in [1.54, 1.807) is 0 Å². The number of hydrogen-bond acceptors (Lipinski definition) is 1. The number of hydrogen-bond donors (Lipinski definition) is 0. The van der Waals surface area contributed by atoms with Crippen molar-refractivity contribution < 1.29 is 26.7 Å². The van der Waals surface area contributed by atoms with Crippen molar-refractivity contribution in [2.24, 2.45) is 0 Å². The first kappa shape index (κ1) is 12.4.